The van der Waals surface area contributed by atoms with E-state index in [-0.39, 0.29) is 11.9 Å². The second-order valence-electron chi connectivity index (χ2n) is 8.71. The molecule has 0 saturated carbocycles. The maximum atomic E-state index is 12.0. The van der Waals surface area contributed by atoms with Crippen LogP contribution in [-0.2, 0) is 14.2 Å². The summed E-state index contributed by atoms with van der Waals surface area (Å²) in [4.78, 5) is 12.0. The zero-order chi connectivity index (χ0) is 22.3. The molecule has 0 bridgehead atoms. The molecule has 1 aromatic rings. The number of aliphatic hydroxyl groups is 1. The van der Waals surface area contributed by atoms with Gasteiger partial charge in [-0.15, -0.1) is 0 Å². The normalized spacial score (nSPS) is 14.0. The molecule has 0 fully saturated rings. The van der Waals surface area contributed by atoms with E-state index in [9.17, 15) is 9.90 Å². The Hall–Kier alpha value is -1.47. The molecule has 0 aromatic heterocycles. The highest BCUT2D eigenvalue weighted by Gasteiger charge is 2.39. The molecular weight excluding hydrogens is 372 g/mol. The number of ketones is 1. The van der Waals surface area contributed by atoms with E-state index in [4.69, 9.17) is 18.9 Å². The summed E-state index contributed by atoms with van der Waals surface area (Å²) in [6.07, 6.45) is 0.799. The third-order valence-electron chi connectivity index (χ3n) is 5.35. The van der Waals surface area contributed by atoms with Crippen molar-refractivity contribution in [2.75, 3.05) is 26.9 Å². The first kappa shape index (κ1) is 25.6. The van der Waals surface area contributed by atoms with Crippen LogP contribution in [0, 0.1) is 0 Å². The summed E-state index contributed by atoms with van der Waals surface area (Å²) in [5.41, 5.74) is -1.81. The molecule has 0 amide bonds. The Balaban J connectivity index is 2.42. The van der Waals surface area contributed by atoms with E-state index in [2.05, 4.69) is 6.92 Å². The van der Waals surface area contributed by atoms with Gasteiger partial charge in [-0.2, -0.15) is 0 Å². The van der Waals surface area contributed by atoms with E-state index in [1.54, 1.807) is 31.4 Å². The van der Waals surface area contributed by atoms with Crippen molar-refractivity contribution in [1.29, 1.82) is 0 Å². The molecule has 166 valence electrons. The SMILES string of the molecule is CCC(COCCOc1ccc(C(=O)C(C)(C)O)cc1)OC(C)(C)C(C)(C)OC. The van der Waals surface area contributed by atoms with Crippen LogP contribution >= 0.6 is 0 Å². The summed E-state index contributed by atoms with van der Waals surface area (Å²) in [6, 6.07) is 6.73. The third-order valence-corrected chi connectivity index (χ3v) is 5.35. The molecule has 0 radical (unpaired) electrons. The predicted molar refractivity (Wildman–Crippen MR) is 114 cm³/mol. The summed E-state index contributed by atoms with van der Waals surface area (Å²) >= 11 is 0. The largest absolute Gasteiger partial charge is 0.491 e. The van der Waals surface area contributed by atoms with E-state index >= 15 is 0 Å². The fourth-order valence-electron chi connectivity index (χ4n) is 2.53. The van der Waals surface area contributed by atoms with Gasteiger partial charge >= 0.3 is 0 Å². The number of hydrogen-bond donors (Lipinski definition) is 1. The molecule has 0 spiro atoms. The van der Waals surface area contributed by atoms with Crippen LogP contribution in [0.2, 0.25) is 0 Å². The van der Waals surface area contributed by atoms with Crippen molar-refractivity contribution in [2.24, 2.45) is 0 Å². The van der Waals surface area contributed by atoms with Crippen LogP contribution in [0.25, 0.3) is 0 Å². The van der Waals surface area contributed by atoms with Crippen LogP contribution < -0.4 is 4.74 Å². The average Bonchev–Trinajstić information content (AvgIpc) is 2.65. The number of Topliss-reactive ketones (excluding diaryl/α,β-unsaturated/α-hetero) is 1. The number of ether oxygens (including phenoxy) is 4. The Labute approximate surface area is 175 Å². The Morgan fingerprint density at radius 1 is 1.00 bits per heavy atom. The lowest BCUT2D eigenvalue weighted by Gasteiger charge is -2.42. The molecular formula is C23H38O6. The van der Waals surface area contributed by atoms with Gasteiger partial charge in [0, 0.05) is 12.7 Å². The first-order valence-corrected chi connectivity index (χ1v) is 10.1. The van der Waals surface area contributed by atoms with Crippen molar-refractivity contribution in [1.82, 2.24) is 0 Å². The Bertz CT molecular complexity index is 628. The van der Waals surface area contributed by atoms with Crippen molar-refractivity contribution in [3.63, 3.8) is 0 Å². The van der Waals surface area contributed by atoms with Gasteiger partial charge in [0.15, 0.2) is 5.78 Å². The minimum absolute atomic E-state index is 0.0356. The summed E-state index contributed by atoms with van der Waals surface area (Å²) in [7, 11) is 1.69. The van der Waals surface area contributed by atoms with Crippen LogP contribution in [0.1, 0.15) is 65.2 Å². The van der Waals surface area contributed by atoms with Crippen molar-refractivity contribution in [2.45, 2.75) is 77.8 Å². The number of carbonyl (C=O) groups excluding carboxylic acids is 1. The molecule has 1 rings (SSSR count). The summed E-state index contributed by atoms with van der Waals surface area (Å²) in [5, 5.41) is 9.79. The van der Waals surface area contributed by atoms with Crippen molar-refractivity contribution < 1.29 is 28.8 Å². The van der Waals surface area contributed by atoms with Gasteiger partial charge < -0.3 is 24.1 Å². The monoisotopic (exact) mass is 410 g/mol. The topological polar surface area (TPSA) is 74.2 Å². The fraction of sp³-hybridized carbons (Fsp3) is 0.696. The number of hydrogen-bond acceptors (Lipinski definition) is 6. The lowest BCUT2D eigenvalue weighted by Crippen LogP contribution is -2.51. The zero-order valence-corrected chi connectivity index (χ0v) is 19.2. The van der Waals surface area contributed by atoms with E-state index in [0.29, 0.717) is 31.1 Å². The second kappa shape index (κ2) is 10.5. The fourth-order valence-corrected chi connectivity index (χ4v) is 2.53. The average molecular weight is 411 g/mol. The highest BCUT2D eigenvalue weighted by Crippen LogP contribution is 2.30. The van der Waals surface area contributed by atoms with Gasteiger partial charge in [0.1, 0.15) is 18.0 Å². The van der Waals surface area contributed by atoms with Crippen LogP contribution in [0.15, 0.2) is 24.3 Å². The van der Waals surface area contributed by atoms with Gasteiger partial charge in [-0.1, -0.05) is 6.92 Å². The van der Waals surface area contributed by atoms with Crippen LogP contribution in [0.5, 0.6) is 5.75 Å². The van der Waals surface area contributed by atoms with Gasteiger partial charge in [0.05, 0.1) is 30.5 Å². The van der Waals surface area contributed by atoms with Crippen LogP contribution in [-0.4, -0.2) is 60.7 Å². The predicted octanol–water partition coefficient (Wildman–Crippen LogP) is 4.03. The van der Waals surface area contributed by atoms with Crippen LogP contribution in [0.4, 0.5) is 0 Å². The molecule has 6 heteroatoms. The van der Waals surface area contributed by atoms with Gasteiger partial charge in [-0.05, 0) is 72.2 Å². The molecule has 0 heterocycles. The lowest BCUT2D eigenvalue weighted by molar-refractivity contribution is -0.196. The van der Waals surface area contributed by atoms with Crippen molar-refractivity contribution in [3.05, 3.63) is 29.8 Å². The molecule has 1 atom stereocenters. The molecule has 1 unspecified atom stereocenters. The maximum Gasteiger partial charge on any atom is 0.193 e. The van der Waals surface area contributed by atoms with E-state index in [1.807, 2.05) is 27.7 Å². The summed E-state index contributed by atoms with van der Waals surface area (Å²) in [5.74, 6) is 0.324. The molecule has 1 aromatic carbocycles. The molecule has 0 aliphatic rings. The standard InChI is InChI=1S/C23H38O6/c1-9-18(29-23(6,7)22(4,5)26-8)16-27-14-15-28-19-12-10-17(11-13-19)20(24)21(2,3)25/h10-13,18,25H,9,14-16H2,1-8H3. The highest BCUT2D eigenvalue weighted by molar-refractivity contribution is 6.01. The molecule has 0 aliphatic heterocycles. The van der Waals surface area contributed by atoms with E-state index in [0.717, 1.165) is 6.42 Å². The number of benzene rings is 1. The van der Waals surface area contributed by atoms with Gasteiger partial charge in [0.25, 0.3) is 0 Å². The van der Waals surface area contributed by atoms with Gasteiger partial charge in [-0.25, -0.2) is 0 Å². The molecule has 1 N–H and O–H groups in total. The molecule has 6 nitrogen and oxygen atoms in total. The van der Waals surface area contributed by atoms with E-state index in [1.165, 1.54) is 13.8 Å². The minimum atomic E-state index is -1.39. The number of methoxy groups -OCH3 is 1. The summed E-state index contributed by atoms with van der Waals surface area (Å²) in [6.45, 7) is 14.4. The molecule has 0 saturated heterocycles. The Morgan fingerprint density at radius 2 is 1.59 bits per heavy atom. The van der Waals surface area contributed by atoms with Crippen molar-refractivity contribution >= 4 is 5.78 Å². The van der Waals surface area contributed by atoms with Gasteiger partial charge in [-0.3, -0.25) is 4.79 Å². The first-order valence-electron chi connectivity index (χ1n) is 10.1. The molecule has 29 heavy (non-hydrogen) atoms. The van der Waals surface area contributed by atoms with Crippen molar-refractivity contribution in [3.8, 4) is 5.75 Å². The molecule has 0 aliphatic carbocycles. The highest BCUT2D eigenvalue weighted by atomic mass is 16.6. The maximum absolute atomic E-state index is 12.0. The second-order valence-corrected chi connectivity index (χ2v) is 8.71. The smallest absolute Gasteiger partial charge is 0.193 e. The number of rotatable bonds is 13. The number of carbonyl (C=O) groups is 1. The lowest BCUT2D eigenvalue weighted by atomic mass is 9.89. The minimum Gasteiger partial charge on any atom is -0.491 e. The van der Waals surface area contributed by atoms with Crippen LogP contribution in [0.3, 0.4) is 0 Å². The quantitative estimate of drug-likeness (QED) is 0.391. The summed E-state index contributed by atoms with van der Waals surface area (Å²) < 4.78 is 23.2. The zero-order valence-electron chi connectivity index (χ0n) is 19.2. The Kier molecular flexibility index (Phi) is 9.28. The Morgan fingerprint density at radius 3 is 2.07 bits per heavy atom. The first-order chi connectivity index (χ1) is 13.3. The third kappa shape index (κ3) is 7.70. The van der Waals surface area contributed by atoms with Gasteiger partial charge in [0.2, 0.25) is 0 Å². The van der Waals surface area contributed by atoms with E-state index < -0.39 is 16.8 Å².